The van der Waals surface area contributed by atoms with E-state index in [4.69, 9.17) is 39.5 Å². The third-order valence-corrected chi connectivity index (χ3v) is 5.63. The number of amides is 2. The number of carbonyl (C=O) groups excluding carboxylic acids is 2. The van der Waals surface area contributed by atoms with E-state index in [9.17, 15) is 14.9 Å². The Morgan fingerprint density at radius 2 is 1.63 bits per heavy atom. The Balaban J connectivity index is 1.70. The van der Waals surface area contributed by atoms with E-state index in [2.05, 4.69) is 10.6 Å². The predicted octanol–water partition coefficient (Wildman–Crippen LogP) is 6.83. The number of halogens is 3. The minimum atomic E-state index is -0.606. The van der Waals surface area contributed by atoms with Crippen molar-refractivity contribution in [3.05, 3.63) is 91.9 Å². The fraction of sp³-hybridized carbons (Fsp3) is 0.115. The molecule has 0 radical (unpaired) electrons. The molecule has 0 saturated carbocycles. The fourth-order valence-electron chi connectivity index (χ4n) is 3.04. The first-order valence-electron chi connectivity index (χ1n) is 10.3. The molecule has 0 atom stereocenters. The molecule has 0 heterocycles. The smallest absolute Gasteiger partial charge is 0.266 e. The van der Waals surface area contributed by atoms with Crippen molar-refractivity contribution in [2.24, 2.45) is 0 Å². The van der Waals surface area contributed by atoms with Crippen molar-refractivity contribution in [3.8, 4) is 11.8 Å². The van der Waals surface area contributed by atoms with E-state index in [0.717, 1.165) is 11.1 Å². The second-order valence-corrected chi connectivity index (χ2v) is 8.85. The average molecular weight is 529 g/mol. The van der Waals surface area contributed by atoms with Gasteiger partial charge < -0.3 is 15.4 Å². The van der Waals surface area contributed by atoms with E-state index in [0.29, 0.717) is 22.0 Å². The molecule has 0 aliphatic heterocycles. The molecular formula is C26H20Cl3N3O3. The molecule has 0 bridgehead atoms. The van der Waals surface area contributed by atoms with Gasteiger partial charge in [-0.25, -0.2) is 0 Å². The van der Waals surface area contributed by atoms with Gasteiger partial charge in [-0.3, -0.25) is 9.59 Å². The second-order valence-electron chi connectivity index (χ2n) is 7.60. The monoisotopic (exact) mass is 527 g/mol. The van der Waals surface area contributed by atoms with Gasteiger partial charge in [-0.2, -0.15) is 5.26 Å². The summed E-state index contributed by atoms with van der Waals surface area (Å²) in [5.41, 5.74) is 3.37. The first-order chi connectivity index (χ1) is 16.7. The van der Waals surface area contributed by atoms with Gasteiger partial charge in [0, 0.05) is 16.4 Å². The lowest BCUT2D eigenvalue weighted by molar-refractivity contribution is -0.118. The highest BCUT2D eigenvalue weighted by Crippen LogP contribution is 2.35. The number of rotatable bonds is 7. The topological polar surface area (TPSA) is 91.2 Å². The number of nitriles is 1. The van der Waals surface area contributed by atoms with Crippen molar-refractivity contribution in [2.75, 3.05) is 17.2 Å². The Bertz CT molecular complexity index is 1320. The van der Waals surface area contributed by atoms with Crippen LogP contribution in [0.5, 0.6) is 5.75 Å². The SMILES string of the molecule is Cc1ccc(C)c(NC(=O)COc2c(Cl)cc(/C=C(/C#N)C(=O)Nc3ccc(Cl)cc3)cc2Cl)c1. The number of anilines is 2. The normalized spacial score (nSPS) is 10.9. The molecule has 0 aliphatic carbocycles. The number of aryl methyl sites for hydroxylation is 2. The summed E-state index contributed by atoms with van der Waals surface area (Å²) in [5, 5.41) is 15.6. The lowest BCUT2D eigenvalue weighted by atomic mass is 10.1. The van der Waals surface area contributed by atoms with Gasteiger partial charge in [0.2, 0.25) is 0 Å². The molecule has 6 nitrogen and oxygen atoms in total. The maximum atomic E-state index is 12.5. The van der Waals surface area contributed by atoms with E-state index in [1.807, 2.05) is 38.1 Å². The highest BCUT2D eigenvalue weighted by molar-refractivity contribution is 6.37. The fourth-order valence-corrected chi connectivity index (χ4v) is 3.78. The summed E-state index contributed by atoms with van der Waals surface area (Å²) in [7, 11) is 0. The van der Waals surface area contributed by atoms with Crippen LogP contribution in [0.1, 0.15) is 16.7 Å². The van der Waals surface area contributed by atoms with Crippen molar-refractivity contribution in [2.45, 2.75) is 13.8 Å². The molecular weight excluding hydrogens is 509 g/mol. The van der Waals surface area contributed by atoms with Crippen LogP contribution in [0, 0.1) is 25.2 Å². The molecule has 0 fully saturated rings. The van der Waals surface area contributed by atoms with Gasteiger partial charge in [0.05, 0.1) is 10.0 Å². The molecule has 0 unspecified atom stereocenters. The van der Waals surface area contributed by atoms with Gasteiger partial charge in [0.15, 0.2) is 12.4 Å². The van der Waals surface area contributed by atoms with Gasteiger partial charge in [-0.05, 0) is 79.1 Å². The van der Waals surface area contributed by atoms with Gasteiger partial charge >= 0.3 is 0 Å². The van der Waals surface area contributed by atoms with Crippen molar-refractivity contribution >= 4 is 64.1 Å². The molecule has 3 aromatic carbocycles. The van der Waals surface area contributed by atoms with Crippen LogP contribution in [-0.4, -0.2) is 18.4 Å². The average Bonchev–Trinajstić information content (AvgIpc) is 2.80. The van der Waals surface area contributed by atoms with Crippen LogP contribution in [0.4, 0.5) is 11.4 Å². The van der Waals surface area contributed by atoms with Crippen LogP contribution in [0.2, 0.25) is 15.1 Å². The zero-order valence-corrected chi connectivity index (χ0v) is 21.1. The van der Waals surface area contributed by atoms with Gasteiger partial charge in [0.1, 0.15) is 11.6 Å². The standard InChI is InChI=1S/C26H20Cl3N3O3/c1-15-3-4-16(2)23(9-15)32-24(33)14-35-25-21(28)11-17(12-22(25)29)10-18(13-30)26(34)31-20-7-5-19(27)6-8-20/h3-12H,14H2,1-2H3,(H,31,34)(H,32,33)/b18-10-. The molecule has 0 spiro atoms. The highest BCUT2D eigenvalue weighted by Gasteiger charge is 2.15. The third-order valence-electron chi connectivity index (χ3n) is 4.81. The largest absolute Gasteiger partial charge is 0.481 e. The maximum Gasteiger partial charge on any atom is 0.266 e. The Kier molecular flexibility index (Phi) is 8.78. The minimum absolute atomic E-state index is 0.116. The summed E-state index contributed by atoms with van der Waals surface area (Å²) in [6.45, 7) is 3.51. The van der Waals surface area contributed by atoms with E-state index < -0.39 is 5.91 Å². The predicted molar refractivity (Wildman–Crippen MR) is 140 cm³/mol. The lowest BCUT2D eigenvalue weighted by Gasteiger charge is -2.13. The van der Waals surface area contributed by atoms with Crippen LogP contribution in [0.25, 0.3) is 6.08 Å². The number of benzene rings is 3. The van der Waals surface area contributed by atoms with Gasteiger partial charge in [-0.1, -0.05) is 46.9 Å². The van der Waals surface area contributed by atoms with Gasteiger partial charge in [-0.15, -0.1) is 0 Å². The molecule has 2 amide bonds. The molecule has 0 aliphatic rings. The van der Waals surface area contributed by atoms with E-state index in [-0.39, 0.29) is 33.9 Å². The zero-order valence-electron chi connectivity index (χ0n) is 18.8. The zero-order chi connectivity index (χ0) is 25.5. The van der Waals surface area contributed by atoms with E-state index in [1.165, 1.54) is 18.2 Å². The van der Waals surface area contributed by atoms with Crippen LogP contribution >= 0.6 is 34.8 Å². The van der Waals surface area contributed by atoms with E-state index in [1.54, 1.807) is 24.3 Å². The number of ether oxygens (including phenoxy) is 1. The van der Waals surface area contributed by atoms with Crippen molar-refractivity contribution in [1.29, 1.82) is 5.26 Å². The molecule has 2 N–H and O–H groups in total. The van der Waals surface area contributed by atoms with Crippen LogP contribution < -0.4 is 15.4 Å². The molecule has 3 aromatic rings. The molecule has 35 heavy (non-hydrogen) atoms. The minimum Gasteiger partial charge on any atom is -0.481 e. The van der Waals surface area contributed by atoms with Gasteiger partial charge in [0.25, 0.3) is 11.8 Å². The van der Waals surface area contributed by atoms with Crippen LogP contribution in [0.15, 0.2) is 60.2 Å². The molecule has 0 saturated heterocycles. The Morgan fingerprint density at radius 1 is 0.971 bits per heavy atom. The quantitative estimate of drug-likeness (QED) is 0.260. The van der Waals surface area contributed by atoms with E-state index >= 15 is 0 Å². The number of hydrogen-bond donors (Lipinski definition) is 2. The molecule has 178 valence electrons. The molecule has 3 rings (SSSR count). The second kappa shape index (κ2) is 11.8. The summed E-state index contributed by atoms with van der Waals surface area (Å²) in [4.78, 5) is 24.8. The molecule has 9 heteroatoms. The van der Waals surface area contributed by atoms with Crippen molar-refractivity contribution in [3.63, 3.8) is 0 Å². The number of hydrogen-bond acceptors (Lipinski definition) is 4. The van der Waals surface area contributed by atoms with Crippen molar-refractivity contribution in [1.82, 2.24) is 0 Å². The number of nitrogens with one attached hydrogen (secondary N) is 2. The summed E-state index contributed by atoms with van der Waals surface area (Å²) in [6, 6.07) is 17.0. The molecule has 0 aromatic heterocycles. The van der Waals surface area contributed by atoms with Crippen LogP contribution in [0.3, 0.4) is 0 Å². The Labute approximate surface area is 218 Å². The highest BCUT2D eigenvalue weighted by atomic mass is 35.5. The van der Waals surface area contributed by atoms with Crippen molar-refractivity contribution < 1.29 is 14.3 Å². The first-order valence-corrected chi connectivity index (χ1v) is 11.5. The Morgan fingerprint density at radius 3 is 2.26 bits per heavy atom. The Hall–Kier alpha value is -3.50. The maximum absolute atomic E-state index is 12.5. The first kappa shape index (κ1) is 26.1. The number of carbonyl (C=O) groups is 2. The lowest BCUT2D eigenvalue weighted by Crippen LogP contribution is -2.21. The summed E-state index contributed by atoms with van der Waals surface area (Å²) < 4.78 is 5.54. The summed E-state index contributed by atoms with van der Waals surface area (Å²) >= 11 is 18.5. The number of nitrogens with zero attached hydrogens (tertiary/aromatic N) is 1. The summed E-state index contributed by atoms with van der Waals surface area (Å²) in [5.74, 6) is -0.864. The van der Waals surface area contributed by atoms with Crippen LogP contribution in [-0.2, 0) is 9.59 Å². The third kappa shape index (κ3) is 7.24. The summed E-state index contributed by atoms with van der Waals surface area (Å²) in [6.07, 6.45) is 1.35.